The molecule has 0 saturated carbocycles. The number of hydrogen-bond donors (Lipinski definition) is 0. The first kappa shape index (κ1) is 132. The number of methoxy groups -OCH3 is 2. The first-order chi connectivity index (χ1) is 57.8. The van der Waals surface area contributed by atoms with Crippen LogP contribution in [0.15, 0.2) is 0 Å². The summed E-state index contributed by atoms with van der Waals surface area (Å²) in [7, 11) is 3.35. The fraction of sp³-hybridized carbons (Fsp3) is 1.00. The maximum absolute atomic E-state index is 5.79. The minimum absolute atomic E-state index is 0.0417. The highest BCUT2D eigenvalue weighted by Gasteiger charge is 2.17. The van der Waals surface area contributed by atoms with Gasteiger partial charge in [0.05, 0.1) is 216 Å². The van der Waals surface area contributed by atoms with Gasteiger partial charge in [0.25, 0.3) is 0 Å². The Hall–Kier alpha value is -0.920. The van der Waals surface area contributed by atoms with Crippen LogP contribution in [0.25, 0.3) is 0 Å². The summed E-state index contributed by atoms with van der Waals surface area (Å²) in [6.07, 6.45) is 18.1. The Bertz CT molecular complexity index is 1950. The second-order valence-corrected chi connectivity index (χ2v) is 36.3. The summed E-state index contributed by atoms with van der Waals surface area (Å²) in [5, 5.41) is 0. The molecule has 744 valence electrons. The van der Waals surface area contributed by atoms with E-state index >= 15 is 0 Å². The summed E-state index contributed by atoms with van der Waals surface area (Å²) in [6.45, 7) is 88.1. The quantitative estimate of drug-likeness (QED) is 0.0518. The zero-order valence-corrected chi connectivity index (χ0v) is 86.7. The molecule has 0 aromatic rings. The Balaban J connectivity index is -0.000000332. The second-order valence-electron chi connectivity index (χ2n) is 36.3. The van der Waals surface area contributed by atoms with Gasteiger partial charge in [0.15, 0.2) is 0 Å². The highest BCUT2D eigenvalue weighted by molar-refractivity contribution is 4.63. The average molecular weight is 1770 g/mol. The molecule has 0 spiro atoms. The van der Waals surface area contributed by atoms with E-state index in [4.69, 9.17) is 109 Å². The summed E-state index contributed by atoms with van der Waals surface area (Å²) < 4.78 is 129. The van der Waals surface area contributed by atoms with E-state index in [0.717, 1.165) is 153 Å². The van der Waals surface area contributed by atoms with Crippen molar-refractivity contribution in [1.82, 2.24) is 0 Å². The Morgan fingerprint density at radius 3 is 0.410 bits per heavy atom. The van der Waals surface area contributed by atoms with Gasteiger partial charge < -0.3 is 109 Å². The summed E-state index contributed by atoms with van der Waals surface area (Å²) in [6, 6.07) is 0. The molecule has 17 atom stereocenters. The Kier molecular flexibility index (Phi) is 105. The minimum atomic E-state index is 0.0417. The van der Waals surface area contributed by atoms with Gasteiger partial charge in [0.2, 0.25) is 0 Å². The van der Waals surface area contributed by atoms with Crippen LogP contribution in [0.5, 0.6) is 0 Å². The van der Waals surface area contributed by atoms with Crippen LogP contribution in [0.4, 0.5) is 0 Å². The van der Waals surface area contributed by atoms with Crippen molar-refractivity contribution in [3.63, 3.8) is 0 Å². The van der Waals surface area contributed by atoms with Crippen molar-refractivity contribution in [1.29, 1.82) is 0 Å². The SMILES string of the molecule is CCCOCC(C)OCC(C)OCC(C)OCCCC(C)C.CCCOCC(C)OCC(C)OCCCC(C)C.CCOCC(C)OCC(C)OCC(C)OCCCC(C)C.CCOCC(C)OCC(C)OCCCC(C)C.COCC(C)OCC(C)OCC(C)OCC(C)OCCCC(C)C.COCC(C)OCC(C)OCC(C)OCCCC(C)C. The lowest BCUT2D eigenvalue weighted by atomic mass is 10.1. The van der Waals surface area contributed by atoms with E-state index in [-0.39, 0.29) is 104 Å². The summed E-state index contributed by atoms with van der Waals surface area (Å²) in [4.78, 5) is 0. The first-order valence-corrected chi connectivity index (χ1v) is 48.6. The molecule has 0 aliphatic heterocycles. The monoisotopic (exact) mass is 1770 g/mol. The normalized spacial score (nSPS) is 16.0. The van der Waals surface area contributed by atoms with E-state index in [1.165, 1.54) is 38.5 Å². The average Bonchev–Trinajstić information content (AvgIpc) is 0.991. The van der Waals surface area contributed by atoms with Crippen LogP contribution in [0.2, 0.25) is 0 Å². The predicted octanol–water partition coefficient (Wildman–Crippen LogP) is 21.6. The lowest BCUT2D eigenvalue weighted by Crippen LogP contribution is -2.28. The second kappa shape index (κ2) is 97.6. The fourth-order valence-corrected chi connectivity index (χ4v) is 10.6. The van der Waals surface area contributed by atoms with Crippen molar-refractivity contribution in [2.24, 2.45) is 35.5 Å². The Morgan fingerprint density at radius 2 is 0.279 bits per heavy atom. The van der Waals surface area contributed by atoms with Gasteiger partial charge in [-0.2, -0.15) is 0 Å². The molecular weight excluding hydrogens is 1560 g/mol. The maximum atomic E-state index is 5.79. The van der Waals surface area contributed by atoms with Crippen LogP contribution < -0.4 is 0 Å². The van der Waals surface area contributed by atoms with Crippen molar-refractivity contribution in [3.8, 4) is 0 Å². The maximum Gasteiger partial charge on any atom is 0.0781 e. The van der Waals surface area contributed by atoms with Crippen LogP contribution in [-0.2, 0) is 109 Å². The summed E-state index contributed by atoms with van der Waals surface area (Å²) >= 11 is 0. The van der Waals surface area contributed by atoms with Gasteiger partial charge in [-0.05, 0) is 257 Å². The van der Waals surface area contributed by atoms with Crippen molar-refractivity contribution in [2.45, 2.75) is 422 Å². The molecule has 0 saturated heterocycles. The molecular formula is C99H210O23. The molecule has 0 heterocycles. The van der Waals surface area contributed by atoms with Gasteiger partial charge in [-0.15, -0.1) is 0 Å². The highest BCUT2D eigenvalue weighted by Crippen LogP contribution is 2.14. The lowest BCUT2D eigenvalue weighted by molar-refractivity contribution is -0.0906. The molecule has 0 bridgehead atoms. The zero-order chi connectivity index (χ0) is 93.5. The van der Waals surface area contributed by atoms with Crippen molar-refractivity contribution >= 4 is 0 Å². The summed E-state index contributed by atoms with van der Waals surface area (Å²) in [5.74, 6) is 4.50. The number of ether oxygens (including phenoxy) is 23. The van der Waals surface area contributed by atoms with Crippen LogP contribution in [0.1, 0.15) is 318 Å². The molecule has 23 nitrogen and oxygen atoms in total. The number of rotatable bonds is 81. The van der Waals surface area contributed by atoms with Crippen molar-refractivity contribution in [3.05, 3.63) is 0 Å². The molecule has 23 heteroatoms. The van der Waals surface area contributed by atoms with Crippen LogP contribution in [0, 0.1) is 35.5 Å². The minimum Gasteiger partial charge on any atom is -0.382 e. The van der Waals surface area contributed by atoms with Crippen LogP contribution >= 0.6 is 0 Å². The molecule has 17 unspecified atom stereocenters. The Labute approximate surface area is 755 Å². The third-order valence-electron chi connectivity index (χ3n) is 18.1. The van der Waals surface area contributed by atoms with E-state index < -0.39 is 0 Å². The van der Waals surface area contributed by atoms with Crippen molar-refractivity contribution < 1.29 is 109 Å². The molecule has 0 aliphatic rings. The van der Waals surface area contributed by atoms with Gasteiger partial charge >= 0.3 is 0 Å². The molecule has 122 heavy (non-hydrogen) atoms. The molecule has 0 aliphatic carbocycles. The standard InChI is InChI=1S/C19H40O5.C18H38O4.C17H36O4.C16H34O4.C15H32O3.C14H30O3/c1-15(2)9-8-10-21-17(4)12-23-19(6)14-24-18(5)13-22-16(3)11-20-7;1-7-10-19-12-16(4)21-14-18(6)22-13-17(5)20-11-8-9-15(2)3;1-7-18-11-15(4)20-13-17(6)21-12-16(5)19-10-8-9-14(2)3;1-13(2)8-7-9-18-15(4)11-20-16(5)12-19-14(3)10-17-6;1-6-9-16-11-14(4)18-12-15(5)17-10-7-8-13(2)3;1-6-15-10-13(4)17-11-14(5)16-9-7-8-12(2)3/h15-19H,8-14H2,1-7H3;15-18H,7-14H2,1-6H3;14-17H,7-13H2,1-6H3;13-16H,7-12H2,1-6H3;13-15H,6-12H2,1-5H3;12-14H,6-11H2,1-5H3. The first-order valence-electron chi connectivity index (χ1n) is 48.6. The van der Waals surface area contributed by atoms with Gasteiger partial charge in [-0.25, -0.2) is 0 Å². The zero-order valence-electron chi connectivity index (χ0n) is 86.7. The van der Waals surface area contributed by atoms with Crippen LogP contribution in [0.3, 0.4) is 0 Å². The van der Waals surface area contributed by atoms with Gasteiger partial charge in [0.1, 0.15) is 0 Å². The van der Waals surface area contributed by atoms with E-state index in [0.29, 0.717) is 112 Å². The topological polar surface area (TPSA) is 212 Å². The van der Waals surface area contributed by atoms with Crippen molar-refractivity contribution in [2.75, 3.05) is 193 Å². The van der Waals surface area contributed by atoms with E-state index in [1.807, 2.05) is 90.0 Å². The molecule has 0 radical (unpaired) electrons. The highest BCUT2D eigenvalue weighted by atomic mass is 16.6. The third-order valence-corrected chi connectivity index (χ3v) is 18.1. The van der Waals surface area contributed by atoms with Crippen LogP contribution in [-0.4, -0.2) is 296 Å². The molecule has 0 aromatic heterocycles. The van der Waals surface area contributed by atoms with Gasteiger partial charge in [-0.3, -0.25) is 0 Å². The van der Waals surface area contributed by atoms with E-state index in [2.05, 4.69) is 138 Å². The van der Waals surface area contributed by atoms with Gasteiger partial charge in [-0.1, -0.05) is 96.9 Å². The third kappa shape index (κ3) is 115. The van der Waals surface area contributed by atoms with Gasteiger partial charge in [0, 0.05) is 80.3 Å². The lowest BCUT2D eigenvalue weighted by Gasteiger charge is -2.21. The molecule has 0 N–H and O–H groups in total. The summed E-state index contributed by atoms with van der Waals surface area (Å²) in [5.41, 5.74) is 0. The molecule has 0 aromatic carbocycles. The smallest absolute Gasteiger partial charge is 0.0781 e. The number of hydrogen-bond acceptors (Lipinski definition) is 23. The van der Waals surface area contributed by atoms with E-state index in [1.54, 1.807) is 14.2 Å². The van der Waals surface area contributed by atoms with E-state index in [9.17, 15) is 0 Å². The Morgan fingerprint density at radius 1 is 0.148 bits per heavy atom. The fourth-order valence-electron chi connectivity index (χ4n) is 10.6. The molecule has 0 rings (SSSR count). The largest absolute Gasteiger partial charge is 0.382 e. The molecule has 0 fully saturated rings. The predicted molar refractivity (Wildman–Crippen MR) is 505 cm³/mol. The molecule has 0 amide bonds.